The third-order valence-electron chi connectivity index (χ3n) is 6.67. The van der Waals surface area contributed by atoms with Crippen molar-refractivity contribution in [3.8, 4) is 5.69 Å². The summed E-state index contributed by atoms with van der Waals surface area (Å²) < 4.78 is 2.32. The van der Waals surface area contributed by atoms with E-state index in [-0.39, 0.29) is 12.1 Å². The molecule has 5 heteroatoms. The number of para-hydroxylation sites is 1. The summed E-state index contributed by atoms with van der Waals surface area (Å²) in [6.45, 7) is 8.66. The van der Waals surface area contributed by atoms with Crippen molar-refractivity contribution in [1.29, 1.82) is 0 Å². The monoisotopic (exact) mass is 452 g/mol. The van der Waals surface area contributed by atoms with E-state index in [1.54, 1.807) is 0 Å². The van der Waals surface area contributed by atoms with E-state index < -0.39 is 0 Å². The lowest BCUT2D eigenvalue weighted by atomic mass is 9.96. The molecule has 4 aromatic rings. The molecule has 4 nitrogen and oxygen atoms in total. The van der Waals surface area contributed by atoms with E-state index >= 15 is 0 Å². The molecule has 0 amide bonds. The highest BCUT2D eigenvalue weighted by Crippen LogP contribution is 2.44. The number of nitrogens with one attached hydrogen (secondary N) is 1. The quantitative estimate of drug-likeness (QED) is 0.369. The molecule has 3 heterocycles. The van der Waals surface area contributed by atoms with Crippen LogP contribution in [0.4, 0.5) is 5.69 Å². The Bertz CT molecular complexity index is 1310. The molecular formula is C28H28N4S. The van der Waals surface area contributed by atoms with Crippen molar-refractivity contribution in [2.24, 2.45) is 0 Å². The Morgan fingerprint density at radius 3 is 2.27 bits per heavy atom. The van der Waals surface area contributed by atoms with Crippen LogP contribution in [0, 0.1) is 27.7 Å². The minimum absolute atomic E-state index is 0.0156. The first kappa shape index (κ1) is 21.4. The Kier molecular flexibility index (Phi) is 5.51. The van der Waals surface area contributed by atoms with Crippen molar-refractivity contribution in [3.63, 3.8) is 0 Å². The Morgan fingerprint density at radius 2 is 1.58 bits per heavy atom. The first-order chi connectivity index (χ1) is 16.0. The number of benzene rings is 2. The van der Waals surface area contributed by atoms with Crippen LogP contribution in [-0.2, 0) is 0 Å². The van der Waals surface area contributed by atoms with Crippen molar-refractivity contribution in [3.05, 3.63) is 113 Å². The summed E-state index contributed by atoms with van der Waals surface area (Å²) in [6.07, 6.45) is 1.85. The number of anilines is 1. The maximum atomic E-state index is 5.91. The average Bonchev–Trinajstić information content (AvgIpc) is 3.32. The highest BCUT2D eigenvalue weighted by molar-refractivity contribution is 7.80. The molecule has 1 aliphatic rings. The summed E-state index contributed by atoms with van der Waals surface area (Å²) in [5, 5.41) is 4.31. The first-order valence-electron chi connectivity index (χ1n) is 11.3. The highest BCUT2D eigenvalue weighted by Gasteiger charge is 2.42. The minimum Gasteiger partial charge on any atom is -0.351 e. The second kappa shape index (κ2) is 8.49. The van der Waals surface area contributed by atoms with Crippen LogP contribution in [0.25, 0.3) is 5.69 Å². The van der Waals surface area contributed by atoms with Crippen molar-refractivity contribution < 1.29 is 0 Å². The van der Waals surface area contributed by atoms with E-state index in [0.717, 1.165) is 16.5 Å². The third kappa shape index (κ3) is 3.72. The van der Waals surface area contributed by atoms with Gasteiger partial charge in [-0.05, 0) is 99.1 Å². The van der Waals surface area contributed by atoms with Crippen LogP contribution in [0.1, 0.15) is 45.9 Å². The summed E-state index contributed by atoms with van der Waals surface area (Å²) in [6, 6.07) is 25.4. The molecule has 2 aromatic carbocycles. The van der Waals surface area contributed by atoms with Gasteiger partial charge < -0.3 is 14.8 Å². The van der Waals surface area contributed by atoms with Gasteiger partial charge in [0.15, 0.2) is 5.11 Å². The fourth-order valence-corrected chi connectivity index (χ4v) is 5.23. The summed E-state index contributed by atoms with van der Waals surface area (Å²) in [7, 11) is 0. The predicted octanol–water partition coefficient (Wildman–Crippen LogP) is 6.28. The third-order valence-corrected chi connectivity index (χ3v) is 6.98. The molecular weight excluding hydrogens is 424 g/mol. The molecule has 1 aliphatic heterocycles. The van der Waals surface area contributed by atoms with Crippen LogP contribution in [-0.4, -0.2) is 14.7 Å². The van der Waals surface area contributed by atoms with E-state index in [9.17, 15) is 0 Å². The summed E-state index contributed by atoms with van der Waals surface area (Å²) in [4.78, 5) is 6.95. The van der Waals surface area contributed by atoms with Gasteiger partial charge in [-0.3, -0.25) is 4.98 Å². The Morgan fingerprint density at radius 1 is 0.818 bits per heavy atom. The van der Waals surface area contributed by atoms with Gasteiger partial charge in [-0.15, -0.1) is 0 Å². The number of aryl methyl sites for hydroxylation is 3. The zero-order valence-electron chi connectivity index (χ0n) is 19.4. The van der Waals surface area contributed by atoms with E-state index in [0.29, 0.717) is 0 Å². The average molecular weight is 453 g/mol. The van der Waals surface area contributed by atoms with Crippen LogP contribution in [0.2, 0.25) is 0 Å². The molecule has 5 rings (SSSR count). The van der Waals surface area contributed by atoms with Crippen LogP contribution < -0.4 is 10.2 Å². The molecule has 0 unspecified atom stereocenters. The molecule has 2 aromatic heterocycles. The molecule has 0 bridgehead atoms. The lowest BCUT2D eigenvalue weighted by molar-refractivity contribution is 0.565. The molecule has 0 radical (unpaired) electrons. The number of rotatable bonds is 4. The number of hydrogen-bond acceptors (Lipinski definition) is 2. The lowest BCUT2D eigenvalue weighted by Gasteiger charge is -2.28. The number of nitrogens with zero attached hydrogens (tertiary/aromatic N) is 3. The van der Waals surface area contributed by atoms with Crippen molar-refractivity contribution in [1.82, 2.24) is 14.9 Å². The van der Waals surface area contributed by atoms with Gasteiger partial charge >= 0.3 is 0 Å². The number of hydrogen-bond donors (Lipinski definition) is 1. The lowest BCUT2D eigenvalue weighted by Crippen LogP contribution is -2.29. The van der Waals surface area contributed by atoms with E-state index in [2.05, 4.69) is 103 Å². The zero-order valence-corrected chi connectivity index (χ0v) is 20.2. The molecule has 166 valence electrons. The van der Waals surface area contributed by atoms with Crippen LogP contribution in [0.5, 0.6) is 0 Å². The van der Waals surface area contributed by atoms with Crippen molar-refractivity contribution >= 4 is 23.0 Å². The topological polar surface area (TPSA) is 33.1 Å². The SMILES string of the molecule is Cc1ccc(N2C(=S)N[C@@H](c3ccccn3)[C@H]2c2cc(C)n(-c3ccccc3)c2C)cc1C. The largest absolute Gasteiger partial charge is 0.351 e. The van der Waals surface area contributed by atoms with Gasteiger partial charge in [0, 0.05) is 29.0 Å². The van der Waals surface area contributed by atoms with Crippen LogP contribution >= 0.6 is 12.2 Å². The molecule has 0 aliphatic carbocycles. The number of thiocarbonyl (C=S) groups is 1. The summed E-state index contributed by atoms with van der Waals surface area (Å²) >= 11 is 5.91. The molecule has 1 N–H and O–H groups in total. The second-order valence-corrected chi connectivity index (χ2v) is 9.15. The molecule has 2 atom stereocenters. The maximum absolute atomic E-state index is 5.91. The van der Waals surface area contributed by atoms with Crippen LogP contribution in [0.3, 0.4) is 0 Å². The summed E-state index contributed by atoms with van der Waals surface area (Å²) in [5.41, 5.74) is 9.44. The second-order valence-electron chi connectivity index (χ2n) is 8.76. The van der Waals surface area contributed by atoms with Gasteiger partial charge in [0.25, 0.3) is 0 Å². The Hall–Kier alpha value is -3.44. The van der Waals surface area contributed by atoms with Crippen molar-refractivity contribution in [2.45, 2.75) is 39.8 Å². The molecule has 0 saturated carbocycles. The van der Waals surface area contributed by atoms with E-state index in [4.69, 9.17) is 17.2 Å². The van der Waals surface area contributed by atoms with Gasteiger partial charge in [-0.1, -0.05) is 30.3 Å². The highest BCUT2D eigenvalue weighted by atomic mass is 32.1. The number of pyridine rings is 1. The fourth-order valence-electron chi connectivity index (χ4n) is 4.89. The van der Waals surface area contributed by atoms with Gasteiger partial charge in [-0.25, -0.2) is 0 Å². The molecule has 0 spiro atoms. The predicted molar refractivity (Wildman–Crippen MR) is 139 cm³/mol. The van der Waals surface area contributed by atoms with Crippen LogP contribution in [0.15, 0.2) is 79.0 Å². The Labute approximate surface area is 200 Å². The maximum Gasteiger partial charge on any atom is 0.174 e. The van der Waals surface area contributed by atoms with Gasteiger partial charge in [0.2, 0.25) is 0 Å². The van der Waals surface area contributed by atoms with Gasteiger partial charge in [0.1, 0.15) is 0 Å². The molecule has 1 saturated heterocycles. The standard InChI is InChI=1S/C28H28N4S/c1-18-13-14-23(16-19(18)2)32-27(26(30-28(32)33)25-12-8-9-15-29-25)24-17-20(3)31(21(24)4)22-10-6-5-7-11-22/h5-17,26-27H,1-4H3,(H,30,33)/t26-,27+/m0/s1. The summed E-state index contributed by atoms with van der Waals surface area (Å²) in [5.74, 6) is 0. The van der Waals surface area contributed by atoms with Crippen molar-refractivity contribution in [2.75, 3.05) is 4.90 Å². The van der Waals surface area contributed by atoms with E-state index in [1.807, 2.05) is 18.3 Å². The fraction of sp³-hybridized carbons (Fsp3) is 0.214. The first-order valence-corrected chi connectivity index (χ1v) is 11.7. The zero-order chi connectivity index (χ0) is 23.1. The minimum atomic E-state index is -0.0509. The van der Waals surface area contributed by atoms with Gasteiger partial charge in [0.05, 0.1) is 17.8 Å². The normalized spacial score (nSPS) is 17.9. The smallest absolute Gasteiger partial charge is 0.174 e. The Balaban J connectivity index is 1.69. The van der Waals surface area contributed by atoms with E-state index in [1.165, 1.54) is 33.8 Å². The number of aromatic nitrogens is 2. The molecule has 1 fully saturated rings. The van der Waals surface area contributed by atoms with Gasteiger partial charge in [-0.2, -0.15) is 0 Å². The molecule has 33 heavy (non-hydrogen) atoms.